The lowest BCUT2D eigenvalue weighted by atomic mass is 9.71. The second-order valence-electron chi connectivity index (χ2n) is 16.2. The Kier molecular flexibility index (Phi) is 14.2. The monoisotopic (exact) mass is 793 g/mol. The topological polar surface area (TPSA) is 194 Å². The fraction of sp³-hybridized carbons (Fsp3) is 0.535. The predicted octanol–water partition coefficient (Wildman–Crippen LogP) is 4.96. The van der Waals surface area contributed by atoms with Gasteiger partial charge in [-0.2, -0.15) is 0 Å². The fourth-order valence-electron chi connectivity index (χ4n) is 7.88. The Morgan fingerprint density at radius 2 is 1.42 bits per heavy atom. The Bertz CT molecular complexity index is 1810. The van der Waals surface area contributed by atoms with Crippen molar-refractivity contribution in [2.45, 2.75) is 117 Å². The third kappa shape index (κ3) is 10.3. The number of carbonyl (C=O) groups is 5. The lowest BCUT2D eigenvalue weighted by Gasteiger charge is -2.46. The highest BCUT2D eigenvalue weighted by molar-refractivity contribution is 5.90. The first-order valence-corrected chi connectivity index (χ1v) is 18.9. The Morgan fingerprint density at radius 3 is 1.98 bits per heavy atom. The lowest BCUT2D eigenvalue weighted by molar-refractivity contribution is -0.193. The number of rotatable bonds is 10. The van der Waals surface area contributed by atoms with Gasteiger partial charge in [-0.1, -0.05) is 71.5 Å². The van der Waals surface area contributed by atoms with Crippen LogP contribution in [-0.2, 0) is 42.8 Å². The first-order valence-electron chi connectivity index (χ1n) is 18.9. The SMILES string of the molecule is C=C1[C@H](OCC(C)C)[C@@H](O)[C@@H](OC(=O)c2cccnc2)C(C)(C)/C=C/[C@H](C)[C@H](OC(C)=O)[C@@]2(O)CC(C)(OC(C)=O)[C@H](OC(=O)c3ccccc3)[C@@H]2[C@H]1OC(C)=O. The Labute approximate surface area is 333 Å². The van der Waals surface area contributed by atoms with Crippen molar-refractivity contribution in [1.29, 1.82) is 0 Å². The van der Waals surface area contributed by atoms with Crippen molar-refractivity contribution in [3.8, 4) is 0 Å². The van der Waals surface area contributed by atoms with E-state index < -0.39 is 101 Å². The minimum absolute atomic E-state index is 0.0344. The zero-order valence-electron chi connectivity index (χ0n) is 34.0. The van der Waals surface area contributed by atoms with Gasteiger partial charge in [-0.3, -0.25) is 19.4 Å². The van der Waals surface area contributed by atoms with E-state index in [1.165, 1.54) is 37.5 Å². The van der Waals surface area contributed by atoms with Gasteiger partial charge in [0.15, 0.2) is 6.10 Å². The summed E-state index contributed by atoms with van der Waals surface area (Å²) in [6, 6.07) is 11.0. The number of carbonyl (C=O) groups excluding carboxylic acids is 5. The quantitative estimate of drug-likeness (QED) is 0.186. The van der Waals surface area contributed by atoms with Crippen LogP contribution in [0.25, 0.3) is 0 Å². The van der Waals surface area contributed by atoms with Crippen molar-refractivity contribution in [3.63, 3.8) is 0 Å². The number of nitrogens with zero attached hydrogens (tertiary/aromatic N) is 1. The number of aliphatic hydroxyl groups is 2. The Balaban J connectivity index is 2.06. The van der Waals surface area contributed by atoms with Gasteiger partial charge in [-0.05, 0) is 42.7 Å². The molecular formula is C43H55NO13. The number of benzene rings is 1. The van der Waals surface area contributed by atoms with Gasteiger partial charge >= 0.3 is 29.8 Å². The third-order valence-electron chi connectivity index (χ3n) is 10.3. The molecule has 1 fully saturated rings. The highest BCUT2D eigenvalue weighted by Crippen LogP contribution is 2.54. The Morgan fingerprint density at radius 1 is 0.825 bits per heavy atom. The van der Waals surface area contributed by atoms with Gasteiger partial charge in [0, 0.05) is 57.5 Å². The molecule has 2 aliphatic carbocycles. The number of hydrogen-bond donors (Lipinski definition) is 2. The largest absolute Gasteiger partial charge is 0.459 e. The predicted molar refractivity (Wildman–Crippen MR) is 205 cm³/mol. The van der Waals surface area contributed by atoms with Crippen molar-refractivity contribution in [2.24, 2.45) is 23.2 Å². The molecule has 1 aromatic carbocycles. The van der Waals surface area contributed by atoms with E-state index in [9.17, 15) is 34.2 Å². The van der Waals surface area contributed by atoms with Gasteiger partial charge in [0.1, 0.15) is 41.7 Å². The van der Waals surface area contributed by atoms with E-state index in [2.05, 4.69) is 11.6 Å². The molecule has 0 amide bonds. The van der Waals surface area contributed by atoms with Crippen molar-refractivity contribution >= 4 is 29.8 Å². The van der Waals surface area contributed by atoms with E-state index in [1.807, 2.05) is 13.8 Å². The van der Waals surface area contributed by atoms with Crippen LogP contribution in [0.2, 0.25) is 0 Å². The summed E-state index contributed by atoms with van der Waals surface area (Å²) >= 11 is 0. The number of ether oxygens (including phenoxy) is 6. The molecule has 1 heterocycles. The molecule has 2 aromatic rings. The summed E-state index contributed by atoms with van der Waals surface area (Å²) in [7, 11) is 0. The number of esters is 5. The number of fused-ring (bicyclic) bond motifs is 1. The highest BCUT2D eigenvalue weighted by atomic mass is 16.6. The minimum atomic E-state index is -2.30. The zero-order chi connectivity index (χ0) is 42.5. The van der Waals surface area contributed by atoms with E-state index in [0.717, 1.165) is 20.8 Å². The number of aliphatic hydroxyl groups excluding tert-OH is 1. The molecule has 2 aliphatic rings. The van der Waals surface area contributed by atoms with Gasteiger partial charge in [0.2, 0.25) is 0 Å². The fourth-order valence-corrected chi connectivity index (χ4v) is 7.88. The average molecular weight is 794 g/mol. The summed E-state index contributed by atoms with van der Waals surface area (Å²) in [5.74, 6) is -6.65. The molecule has 0 aliphatic heterocycles. The van der Waals surface area contributed by atoms with Gasteiger partial charge in [0.05, 0.1) is 17.0 Å². The summed E-state index contributed by atoms with van der Waals surface area (Å²) < 4.78 is 36.5. The van der Waals surface area contributed by atoms with Crippen LogP contribution < -0.4 is 0 Å². The van der Waals surface area contributed by atoms with Crippen molar-refractivity contribution in [3.05, 3.63) is 90.3 Å². The van der Waals surface area contributed by atoms with Crippen LogP contribution in [0.3, 0.4) is 0 Å². The van der Waals surface area contributed by atoms with Crippen LogP contribution in [0.1, 0.15) is 89.5 Å². The molecule has 1 aromatic heterocycles. The first-order chi connectivity index (χ1) is 26.6. The van der Waals surface area contributed by atoms with E-state index in [-0.39, 0.29) is 29.2 Å². The van der Waals surface area contributed by atoms with Crippen molar-refractivity contribution < 1.29 is 62.6 Å². The summed E-state index contributed by atoms with van der Waals surface area (Å²) in [5.41, 5.74) is -5.21. The maximum atomic E-state index is 13.9. The molecular weight excluding hydrogens is 738 g/mol. The molecule has 1 unspecified atom stereocenters. The third-order valence-corrected chi connectivity index (χ3v) is 10.3. The van der Waals surface area contributed by atoms with Crippen LogP contribution in [0.15, 0.2) is 79.2 Å². The van der Waals surface area contributed by atoms with E-state index in [1.54, 1.807) is 57.2 Å². The first kappa shape index (κ1) is 44.8. The second-order valence-corrected chi connectivity index (χ2v) is 16.2. The molecule has 0 bridgehead atoms. The number of aromatic nitrogens is 1. The zero-order valence-corrected chi connectivity index (χ0v) is 34.0. The molecule has 310 valence electrons. The summed E-state index contributed by atoms with van der Waals surface area (Å²) in [4.78, 5) is 70.4. The van der Waals surface area contributed by atoms with E-state index in [0.29, 0.717) is 0 Å². The molecule has 1 saturated carbocycles. The smallest absolute Gasteiger partial charge is 0.340 e. The molecule has 14 nitrogen and oxygen atoms in total. The van der Waals surface area contributed by atoms with Crippen LogP contribution >= 0.6 is 0 Å². The minimum Gasteiger partial charge on any atom is -0.459 e. The van der Waals surface area contributed by atoms with Crippen LogP contribution in [0.5, 0.6) is 0 Å². The number of hydrogen-bond acceptors (Lipinski definition) is 14. The highest BCUT2D eigenvalue weighted by Gasteiger charge is 2.70. The lowest BCUT2D eigenvalue weighted by Crippen LogP contribution is -2.59. The molecule has 0 radical (unpaired) electrons. The molecule has 4 rings (SSSR count). The average Bonchev–Trinajstić information content (AvgIpc) is 3.35. The standard InChI is InChI=1S/C43H55NO13/c1-24(2)22-52-35-26(4)34(53-27(5)45)32-37(55-39(49)30-15-12-11-13-16-30)42(10,57-29(7)47)23-43(32,51)36(54-28(6)46)25(3)18-19-41(8,9)38(33(35)48)56-40(50)31-17-14-20-44-21-31/h11-21,24-25,32-38,48,51H,4,22-23H2,1-3,5-10H3/b19-18+/t25-,32-,33+,34-,35-,36-,37+,38+,42?,43+/m0/s1. The van der Waals surface area contributed by atoms with Crippen molar-refractivity contribution in [2.75, 3.05) is 6.61 Å². The van der Waals surface area contributed by atoms with E-state index in [4.69, 9.17) is 28.4 Å². The number of pyridine rings is 1. The summed E-state index contributed by atoms with van der Waals surface area (Å²) in [6.45, 7) is 18.0. The molecule has 10 atom stereocenters. The maximum absolute atomic E-state index is 13.9. The normalized spacial score (nSPS) is 31.8. The second kappa shape index (κ2) is 18.1. The van der Waals surface area contributed by atoms with Crippen LogP contribution in [0.4, 0.5) is 0 Å². The van der Waals surface area contributed by atoms with Crippen molar-refractivity contribution in [1.82, 2.24) is 4.98 Å². The maximum Gasteiger partial charge on any atom is 0.340 e. The molecule has 0 saturated heterocycles. The molecule has 57 heavy (non-hydrogen) atoms. The molecule has 0 spiro atoms. The van der Waals surface area contributed by atoms with Gasteiger partial charge in [0.25, 0.3) is 0 Å². The summed E-state index contributed by atoms with van der Waals surface area (Å²) in [5, 5.41) is 25.7. The molecule has 2 N–H and O–H groups in total. The van der Waals surface area contributed by atoms with E-state index >= 15 is 0 Å². The Hall–Kier alpha value is -4.92. The van der Waals surface area contributed by atoms with Gasteiger partial charge in [-0.25, -0.2) is 9.59 Å². The summed E-state index contributed by atoms with van der Waals surface area (Å²) in [6.07, 6.45) is -3.67. The van der Waals surface area contributed by atoms with Crippen LogP contribution in [0, 0.1) is 23.2 Å². The molecule has 14 heteroatoms. The van der Waals surface area contributed by atoms with Crippen LogP contribution in [-0.4, -0.2) is 99.5 Å². The van der Waals surface area contributed by atoms with Gasteiger partial charge < -0.3 is 38.6 Å². The van der Waals surface area contributed by atoms with Gasteiger partial charge in [-0.15, -0.1) is 0 Å².